The maximum Gasteiger partial charge on any atom is 0.0909 e. The summed E-state index contributed by atoms with van der Waals surface area (Å²) in [6.07, 6.45) is 4.74. The lowest BCUT2D eigenvalue weighted by Gasteiger charge is -2.27. The van der Waals surface area contributed by atoms with Crippen LogP contribution in [0.25, 0.3) is 0 Å². The molecule has 1 fully saturated rings. The third-order valence-corrected chi connectivity index (χ3v) is 3.32. The van der Waals surface area contributed by atoms with E-state index in [-0.39, 0.29) is 0 Å². The van der Waals surface area contributed by atoms with Crippen molar-refractivity contribution in [2.45, 2.75) is 26.7 Å². The van der Waals surface area contributed by atoms with Crippen molar-refractivity contribution in [2.75, 3.05) is 6.61 Å². The largest absolute Gasteiger partial charge is 0.501 e. The lowest BCUT2D eigenvalue weighted by molar-refractivity contribution is 0.128. The molecule has 1 nitrogen and oxygen atoms in total. The van der Waals surface area contributed by atoms with E-state index in [4.69, 9.17) is 4.74 Å². The molecular formula is C10H16O. The Kier molecular flexibility index (Phi) is 1.67. The Hall–Kier alpha value is -0.460. The fraction of sp³-hybridized carbons (Fsp3) is 0.800. The van der Waals surface area contributed by atoms with E-state index < -0.39 is 0 Å². The number of hydrogen-bond donors (Lipinski definition) is 0. The van der Waals surface area contributed by atoms with Gasteiger partial charge in [-0.15, -0.1) is 0 Å². The second kappa shape index (κ2) is 2.54. The first-order valence-electron chi connectivity index (χ1n) is 4.57. The van der Waals surface area contributed by atoms with Crippen LogP contribution in [-0.4, -0.2) is 6.61 Å². The topological polar surface area (TPSA) is 9.23 Å². The van der Waals surface area contributed by atoms with Crippen molar-refractivity contribution < 1.29 is 4.74 Å². The standard InChI is InChI=1S/C10H16O/c1-7-3-4-9-8(2)5-11-6-10(7)9/h5,7,9-10H,3-4,6H2,1-2H3/t7-,9?,10+/m0/s1. The molecule has 0 saturated heterocycles. The van der Waals surface area contributed by atoms with Crippen LogP contribution in [0.3, 0.4) is 0 Å². The molecule has 1 unspecified atom stereocenters. The predicted molar refractivity (Wildman–Crippen MR) is 45.1 cm³/mol. The highest BCUT2D eigenvalue weighted by Gasteiger charge is 2.36. The average Bonchev–Trinajstić information content (AvgIpc) is 2.35. The van der Waals surface area contributed by atoms with E-state index in [1.807, 2.05) is 6.26 Å². The summed E-state index contributed by atoms with van der Waals surface area (Å²) in [6.45, 7) is 5.52. The lowest BCUT2D eigenvalue weighted by Crippen LogP contribution is -2.23. The first-order chi connectivity index (χ1) is 5.29. The van der Waals surface area contributed by atoms with Crippen molar-refractivity contribution >= 4 is 0 Å². The molecule has 3 atom stereocenters. The maximum absolute atomic E-state index is 5.40. The zero-order chi connectivity index (χ0) is 7.84. The van der Waals surface area contributed by atoms with Crippen LogP contribution in [0.4, 0.5) is 0 Å². The van der Waals surface area contributed by atoms with Gasteiger partial charge in [-0.3, -0.25) is 0 Å². The van der Waals surface area contributed by atoms with E-state index in [9.17, 15) is 0 Å². The van der Waals surface area contributed by atoms with Crippen LogP contribution in [0.5, 0.6) is 0 Å². The molecule has 11 heavy (non-hydrogen) atoms. The number of hydrogen-bond acceptors (Lipinski definition) is 1. The first kappa shape index (κ1) is 7.20. The summed E-state index contributed by atoms with van der Waals surface area (Å²) in [4.78, 5) is 0. The molecule has 1 heterocycles. The van der Waals surface area contributed by atoms with Crippen molar-refractivity contribution in [3.8, 4) is 0 Å². The Labute approximate surface area is 68.4 Å². The van der Waals surface area contributed by atoms with E-state index in [1.165, 1.54) is 18.4 Å². The monoisotopic (exact) mass is 152 g/mol. The van der Waals surface area contributed by atoms with Crippen molar-refractivity contribution in [3.63, 3.8) is 0 Å². The van der Waals surface area contributed by atoms with Gasteiger partial charge in [0.2, 0.25) is 0 Å². The fourth-order valence-electron chi connectivity index (χ4n) is 2.49. The van der Waals surface area contributed by atoms with Crippen LogP contribution >= 0.6 is 0 Å². The SMILES string of the molecule is CC1=COC[C@H]2C1CC[C@@H]2C. The van der Waals surface area contributed by atoms with Crippen LogP contribution in [-0.2, 0) is 4.74 Å². The summed E-state index contributed by atoms with van der Waals surface area (Å²) >= 11 is 0. The Morgan fingerprint density at radius 1 is 1.45 bits per heavy atom. The summed E-state index contributed by atoms with van der Waals surface area (Å²) < 4.78 is 5.40. The second-order valence-corrected chi connectivity index (χ2v) is 4.02. The number of allylic oxidation sites excluding steroid dienone is 1. The van der Waals surface area contributed by atoms with Gasteiger partial charge in [0.25, 0.3) is 0 Å². The molecule has 1 aliphatic heterocycles. The van der Waals surface area contributed by atoms with Crippen LogP contribution in [0.15, 0.2) is 11.8 Å². The van der Waals surface area contributed by atoms with Crippen molar-refractivity contribution in [1.82, 2.24) is 0 Å². The minimum atomic E-state index is 0.819. The van der Waals surface area contributed by atoms with Crippen LogP contribution in [0, 0.1) is 17.8 Å². The minimum absolute atomic E-state index is 0.819. The Morgan fingerprint density at radius 3 is 3.00 bits per heavy atom. The van der Waals surface area contributed by atoms with E-state index in [2.05, 4.69) is 13.8 Å². The van der Waals surface area contributed by atoms with Gasteiger partial charge in [0.15, 0.2) is 0 Å². The highest BCUT2D eigenvalue weighted by molar-refractivity contribution is 5.08. The van der Waals surface area contributed by atoms with E-state index >= 15 is 0 Å². The molecule has 1 saturated carbocycles. The number of fused-ring (bicyclic) bond motifs is 1. The van der Waals surface area contributed by atoms with E-state index in [1.54, 1.807) is 0 Å². The molecule has 0 radical (unpaired) electrons. The summed E-state index contributed by atoms with van der Waals surface area (Å²) in [5.41, 5.74) is 1.46. The second-order valence-electron chi connectivity index (χ2n) is 4.02. The Morgan fingerprint density at radius 2 is 2.27 bits per heavy atom. The van der Waals surface area contributed by atoms with Crippen LogP contribution in [0.2, 0.25) is 0 Å². The molecular weight excluding hydrogens is 136 g/mol. The molecule has 1 heteroatoms. The molecule has 0 amide bonds. The lowest BCUT2D eigenvalue weighted by atomic mass is 9.86. The molecule has 2 aliphatic rings. The molecule has 1 aliphatic carbocycles. The Bertz CT molecular complexity index is 183. The summed E-state index contributed by atoms with van der Waals surface area (Å²) in [7, 11) is 0. The highest BCUT2D eigenvalue weighted by Crippen LogP contribution is 2.42. The van der Waals surface area contributed by atoms with Crippen molar-refractivity contribution in [1.29, 1.82) is 0 Å². The molecule has 0 spiro atoms. The zero-order valence-electron chi connectivity index (χ0n) is 7.34. The van der Waals surface area contributed by atoms with Crippen molar-refractivity contribution in [3.05, 3.63) is 11.8 Å². The first-order valence-corrected chi connectivity index (χ1v) is 4.57. The Balaban J connectivity index is 2.18. The molecule has 62 valence electrons. The van der Waals surface area contributed by atoms with Gasteiger partial charge in [-0.25, -0.2) is 0 Å². The summed E-state index contributed by atoms with van der Waals surface area (Å²) in [5.74, 6) is 2.54. The van der Waals surface area contributed by atoms with Crippen LogP contribution < -0.4 is 0 Å². The fourth-order valence-corrected chi connectivity index (χ4v) is 2.49. The van der Waals surface area contributed by atoms with Gasteiger partial charge in [0.05, 0.1) is 12.9 Å². The quantitative estimate of drug-likeness (QED) is 0.518. The third kappa shape index (κ3) is 1.07. The third-order valence-electron chi connectivity index (χ3n) is 3.32. The van der Waals surface area contributed by atoms with Gasteiger partial charge >= 0.3 is 0 Å². The molecule has 0 N–H and O–H groups in total. The normalized spacial score (nSPS) is 42.7. The summed E-state index contributed by atoms with van der Waals surface area (Å²) in [6, 6.07) is 0. The van der Waals surface area contributed by atoms with Gasteiger partial charge in [0, 0.05) is 5.92 Å². The van der Waals surface area contributed by atoms with E-state index in [0.29, 0.717) is 0 Å². The molecule has 2 rings (SSSR count). The highest BCUT2D eigenvalue weighted by atomic mass is 16.5. The average molecular weight is 152 g/mol. The van der Waals surface area contributed by atoms with Gasteiger partial charge in [-0.1, -0.05) is 6.92 Å². The molecule has 0 aromatic rings. The maximum atomic E-state index is 5.40. The van der Waals surface area contributed by atoms with Gasteiger partial charge < -0.3 is 4.74 Å². The molecule has 0 aromatic heterocycles. The van der Waals surface area contributed by atoms with Crippen LogP contribution in [0.1, 0.15) is 26.7 Å². The van der Waals surface area contributed by atoms with Gasteiger partial charge in [-0.05, 0) is 37.2 Å². The smallest absolute Gasteiger partial charge is 0.0909 e. The van der Waals surface area contributed by atoms with Gasteiger partial charge in [0.1, 0.15) is 0 Å². The number of rotatable bonds is 0. The van der Waals surface area contributed by atoms with Crippen molar-refractivity contribution in [2.24, 2.45) is 17.8 Å². The zero-order valence-corrected chi connectivity index (χ0v) is 7.34. The molecule has 0 bridgehead atoms. The summed E-state index contributed by atoms with van der Waals surface area (Å²) in [5, 5.41) is 0. The van der Waals surface area contributed by atoms with Gasteiger partial charge in [-0.2, -0.15) is 0 Å². The number of ether oxygens (including phenoxy) is 1. The minimum Gasteiger partial charge on any atom is -0.501 e. The molecule has 0 aromatic carbocycles. The van der Waals surface area contributed by atoms with E-state index in [0.717, 1.165) is 24.4 Å². The predicted octanol–water partition coefficient (Wildman–Crippen LogP) is 2.58.